The fourth-order valence-corrected chi connectivity index (χ4v) is 2.53. The van der Waals surface area contributed by atoms with E-state index in [0.717, 1.165) is 37.6 Å². The SMILES string of the molecule is CC(C)C(CCO)NCc1nnc2n1CCCC2. The molecule has 102 valence electrons. The normalized spacial score (nSPS) is 16.9. The van der Waals surface area contributed by atoms with Gasteiger partial charge in [-0.1, -0.05) is 13.8 Å². The van der Waals surface area contributed by atoms with Crippen LogP contribution in [0.4, 0.5) is 0 Å². The van der Waals surface area contributed by atoms with Gasteiger partial charge in [-0.2, -0.15) is 0 Å². The van der Waals surface area contributed by atoms with Crippen LogP contribution in [0.2, 0.25) is 0 Å². The molecule has 1 aromatic rings. The maximum Gasteiger partial charge on any atom is 0.147 e. The van der Waals surface area contributed by atoms with E-state index < -0.39 is 0 Å². The van der Waals surface area contributed by atoms with Gasteiger partial charge >= 0.3 is 0 Å². The number of aryl methyl sites for hydroxylation is 1. The zero-order chi connectivity index (χ0) is 13.0. The van der Waals surface area contributed by atoms with E-state index in [1.807, 2.05) is 0 Å². The van der Waals surface area contributed by atoms with E-state index in [1.54, 1.807) is 0 Å². The average molecular weight is 252 g/mol. The monoisotopic (exact) mass is 252 g/mol. The lowest BCUT2D eigenvalue weighted by Gasteiger charge is -2.22. The molecule has 1 atom stereocenters. The quantitative estimate of drug-likeness (QED) is 0.796. The number of aromatic nitrogens is 3. The number of rotatable bonds is 6. The zero-order valence-electron chi connectivity index (χ0n) is 11.4. The van der Waals surface area contributed by atoms with Gasteiger partial charge in [-0.25, -0.2) is 0 Å². The lowest BCUT2D eigenvalue weighted by atomic mass is 10.0. The van der Waals surface area contributed by atoms with Crippen molar-refractivity contribution in [3.63, 3.8) is 0 Å². The molecular weight excluding hydrogens is 228 g/mol. The van der Waals surface area contributed by atoms with Crippen LogP contribution in [0.5, 0.6) is 0 Å². The fourth-order valence-electron chi connectivity index (χ4n) is 2.53. The standard InChI is InChI=1S/C13H24N4O/c1-10(2)11(6-8-18)14-9-13-16-15-12-5-3-4-7-17(12)13/h10-11,14,18H,3-9H2,1-2H3. The highest BCUT2D eigenvalue weighted by Crippen LogP contribution is 2.14. The molecule has 0 aliphatic carbocycles. The van der Waals surface area contributed by atoms with Gasteiger partial charge in [0.15, 0.2) is 0 Å². The Hall–Kier alpha value is -0.940. The van der Waals surface area contributed by atoms with Gasteiger partial charge in [0, 0.05) is 25.6 Å². The Bertz CT molecular complexity index is 375. The van der Waals surface area contributed by atoms with Crippen LogP contribution in [0.15, 0.2) is 0 Å². The highest BCUT2D eigenvalue weighted by Gasteiger charge is 2.17. The van der Waals surface area contributed by atoms with Crippen LogP contribution in [0.25, 0.3) is 0 Å². The molecule has 1 aliphatic heterocycles. The Morgan fingerprint density at radius 1 is 1.33 bits per heavy atom. The summed E-state index contributed by atoms with van der Waals surface area (Å²) in [6.45, 7) is 6.37. The summed E-state index contributed by atoms with van der Waals surface area (Å²) in [5.74, 6) is 2.68. The second kappa shape index (κ2) is 6.29. The van der Waals surface area contributed by atoms with Crippen LogP contribution >= 0.6 is 0 Å². The van der Waals surface area contributed by atoms with E-state index in [0.29, 0.717) is 12.0 Å². The first-order valence-electron chi connectivity index (χ1n) is 6.97. The average Bonchev–Trinajstić information content (AvgIpc) is 2.77. The lowest BCUT2D eigenvalue weighted by molar-refractivity contribution is 0.242. The molecule has 1 unspecified atom stereocenters. The molecule has 0 spiro atoms. The summed E-state index contributed by atoms with van der Waals surface area (Å²) in [5, 5.41) is 21.1. The summed E-state index contributed by atoms with van der Waals surface area (Å²) in [7, 11) is 0. The minimum absolute atomic E-state index is 0.230. The van der Waals surface area contributed by atoms with Crippen molar-refractivity contribution in [1.29, 1.82) is 0 Å². The number of hydrogen-bond acceptors (Lipinski definition) is 4. The summed E-state index contributed by atoms with van der Waals surface area (Å²) < 4.78 is 2.24. The van der Waals surface area contributed by atoms with Crippen molar-refractivity contribution in [3.05, 3.63) is 11.6 Å². The third-order valence-electron chi connectivity index (χ3n) is 3.70. The number of fused-ring (bicyclic) bond motifs is 1. The molecule has 2 N–H and O–H groups in total. The van der Waals surface area contributed by atoms with Crippen LogP contribution in [0.3, 0.4) is 0 Å². The second-order valence-electron chi connectivity index (χ2n) is 5.38. The second-order valence-corrected chi connectivity index (χ2v) is 5.38. The minimum Gasteiger partial charge on any atom is -0.396 e. The number of nitrogens with one attached hydrogen (secondary N) is 1. The van der Waals surface area contributed by atoms with Gasteiger partial charge in [-0.05, 0) is 25.2 Å². The third-order valence-corrected chi connectivity index (χ3v) is 3.70. The molecular formula is C13H24N4O. The lowest BCUT2D eigenvalue weighted by Crippen LogP contribution is -2.35. The van der Waals surface area contributed by atoms with Gasteiger partial charge < -0.3 is 15.0 Å². The Balaban J connectivity index is 1.95. The Morgan fingerprint density at radius 2 is 2.17 bits per heavy atom. The molecule has 5 heteroatoms. The molecule has 0 saturated carbocycles. The van der Waals surface area contributed by atoms with Crippen molar-refractivity contribution in [3.8, 4) is 0 Å². The third kappa shape index (κ3) is 3.09. The van der Waals surface area contributed by atoms with Gasteiger partial charge in [0.2, 0.25) is 0 Å². The van der Waals surface area contributed by atoms with E-state index in [9.17, 15) is 0 Å². The van der Waals surface area contributed by atoms with E-state index in [1.165, 1.54) is 12.8 Å². The van der Waals surface area contributed by atoms with E-state index in [4.69, 9.17) is 5.11 Å². The molecule has 2 heterocycles. The first-order valence-corrected chi connectivity index (χ1v) is 6.97. The zero-order valence-corrected chi connectivity index (χ0v) is 11.4. The Kier molecular flexibility index (Phi) is 4.72. The van der Waals surface area contributed by atoms with E-state index in [-0.39, 0.29) is 6.61 Å². The molecule has 0 radical (unpaired) electrons. The number of nitrogens with zero attached hydrogens (tertiary/aromatic N) is 3. The molecule has 0 saturated heterocycles. The van der Waals surface area contributed by atoms with Crippen LogP contribution in [-0.4, -0.2) is 32.5 Å². The van der Waals surface area contributed by atoms with Crippen LogP contribution in [-0.2, 0) is 19.5 Å². The number of aliphatic hydroxyl groups excluding tert-OH is 1. The van der Waals surface area contributed by atoms with E-state index >= 15 is 0 Å². The molecule has 0 aromatic carbocycles. The van der Waals surface area contributed by atoms with Gasteiger partial charge in [0.1, 0.15) is 11.6 Å². The molecule has 1 aliphatic rings. The van der Waals surface area contributed by atoms with Crippen LogP contribution < -0.4 is 5.32 Å². The van der Waals surface area contributed by atoms with Gasteiger partial charge in [-0.15, -0.1) is 10.2 Å². The van der Waals surface area contributed by atoms with Crippen molar-refractivity contribution in [2.24, 2.45) is 5.92 Å². The first kappa shape index (κ1) is 13.5. The predicted octanol–water partition coefficient (Wildman–Crippen LogP) is 1.11. The Labute approximate surface area is 109 Å². The maximum atomic E-state index is 9.06. The highest BCUT2D eigenvalue weighted by molar-refractivity contribution is 4.98. The summed E-state index contributed by atoms with van der Waals surface area (Å²) in [6, 6.07) is 0.339. The highest BCUT2D eigenvalue weighted by atomic mass is 16.3. The van der Waals surface area contributed by atoms with E-state index in [2.05, 4.69) is 33.9 Å². The molecule has 5 nitrogen and oxygen atoms in total. The maximum absolute atomic E-state index is 9.06. The summed E-state index contributed by atoms with van der Waals surface area (Å²) in [6.07, 6.45) is 4.29. The van der Waals surface area contributed by atoms with Crippen molar-refractivity contribution in [2.45, 2.75) is 58.7 Å². The van der Waals surface area contributed by atoms with Crippen molar-refractivity contribution >= 4 is 0 Å². The van der Waals surface area contributed by atoms with Crippen molar-refractivity contribution in [2.75, 3.05) is 6.61 Å². The molecule has 1 aromatic heterocycles. The summed E-state index contributed by atoms with van der Waals surface area (Å²) in [5.41, 5.74) is 0. The van der Waals surface area contributed by atoms with Gasteiger partial charge in [0.05, 0.1) is 6.54 Å². The van der Waals surface area contributed by atoms with Gasteiger partial charge in [-0.3, -0.25) is 0 Å². The molecule has 0 bridgehead atoms. The largest absolute Gasteiger partial charge is 0.396 e. The van der Waals surface area contributed by atoms with Crippen LogP contribution in [0, 0.1) is 5.92 Å². The number of aliphatic hydroxyl groups is 1. The fraction of sp³-hybridized carbons (Fsp3) is 0.846. The first-order chi connectivity index (χ1) is 8.72. The molecule has 0 amide bonds. The van der Waals surface area contributed by atoms with Crippen LogP contribution in [0.1, 0.15) is 44.8 Å². The minimum atomic E-state index is 0.230. The Morgan fingerprint density at radius 3 is 2.89 bits per heavy atom. The van der Waals surface area contributed by atoms with Crippen molar-refractivity contribution in [1.82, 2.24) is 20.1 Å². The summed E-state index contributed by atoms with van der Waals surface area (Å²) >= 11 is 0. The molecule has 2 rings (SSSR count). The smallest absolute Gasteiger partial charge is 0.147 e. The predicted molar refractivity (Wildman–Crippen MR) is 70.1 cm³/mol. The molecule has 0 fully saturated rings. The van der Waals surface area contributed by atoms with Crippen molar-refractivity contribution < 1.29 is 5.11 Å². The number of hydrogen-bond donors (Lipinski definition) is 2. The summed E-state index contributed by atoms with van der Waals surface area (Å²) in [4.78, 5) is 0. The topological polar surface area (TPSA) is 63.0 Å². The van der Waals surface area contributed by atoms with Gasteiger partial charge in [0.25, 0.3) is 0 Å². The molecule has 18 heavy (non-hydrogen) atoms.